The normalized spacial score (nSPS) is 17.7. The number of hydrogen-bond acceptors (Lipinski definition) is 3. The molecule has 0 aliphatic heterocycles. The van der Waals surface area contributed by atoms with Crippen molar-refractivity contribution in [1.29, 1.82) is 0 Å². The van der Waals surface area contributed by atoms with Crippen molar-refractivity contribution in [1.82, 2.24) is 0 Å². The molecule has 0 heterocycles. The molecule has 0 bridgehead atoms. The fraction of sp³-hybridized carbons (Fsp3) is 0.500. The van der Waals surface area contributed by atoms with Gasteiger partial charge in [0.25, 0.3) is 0 Å². The van der Waals surface area contributed by atoms with Crippen molar-refractivity contribution in [2.24, 2.45) is 5.92 Å². The van der Waals surface area contributed by atoms with Crippen molar-refractivity contribution in [2.75, 3.05) is 6.61 Å². The molecule has 3 nitrogen and oxygen atoms in total. The minimum absolute atomic E-state index is 0.0711. The number of Topliss-reactive ketones (excluding diaryl/α,β-unsaturated/α-hetero) is 1. The van der Waals surface area contributed by atoms with Gasteiger partial charge in [0.2, 0.25) is 0 Å². The first-order valence-electron chi connectivity index (χ1n) is 8.57. The fourth-order valence-corrected chi connectivity index (χ4v) is 3.09. The van der Waals surface area contributed by atoms with Gasteiger partial charge in [-0.25, -0.2) is 4.79 Å². The van der Waals surface area contributed by atoms with E-state index in [1.165, 1.54) is 0 Å². The lowest BCUT2D eigenvalue weighted by molar-refractivity contribution is -0.139. The third kappa shape index (κ3) is 4.78. The van der Waals surface area contributed by atoms with Crippen molar-refractivity contribution in [3.05, 3.63) is 47.0 Å². The Morgan fingerprint density at radius 3 is 2.65 bits per heavy atom. The van der Waals surface area contributed by atoms with Crippen LogP contribution < -0.4 is 0 Å². The lowest BCUT2D eigenvalue weighted by Crippen LogP contribution is -2.10. The zero-order valence-corrected chi connectivity index (χ0v) is 14.1. The van der Waals surface area contributed by atoms with E-state index < -0.39 is 0 Å². The van der Waals surface area contributed by atoms with E-state index in [4.69, 9.17) is 4.74 Å². The standard InChI is InChI=1S/C20H26O3/c1-3-4-6-11-17-15(2)18(14-19(17)21)20(22)23-13-12-16-9-7-5-8-10-16/h5,7-10,17H,3-4,6,11-14H2,1-2H3. The van der Waals surface area contributed by atoms with Gasteiger partial charge in [-0.15, -0.1) is 0 Å². The van der Waals surface area contributed by atoms with Gasteiger partial charge in [0.1, 0.15) is 5.78 Å². The Kier molecular flexibility index (Phi) is 6.57. The summed E-state index contributed by atoms with van der Waals surface area (Å²) in [5, 5.41) is 0. The Bertz CT molecular complexity index is 572. The minimum atomic E-state index is -0.315. The average Bonchev–Trinajstić information content (AvgIpc) is 2.84. The second kappa shape index (κ2) is 8.66. The van der Waals surface area contributed by atoms with Crippen LogP contribution in [0.15, 0.2) is 41.5 Å². The molecule has 1 aromatic rings. The van der Waals surface area contributed by atoms with Crippen LogP contribution in [0.5, 0.6) is 0 Å². The Hall–Kier alpha value is -1.90. The highest BCUT2D eigenvalue weighted by molar-refractivity contribution is 6.02. The molecule has 2 rings (SSSR count). The monoisotopic (exact) mass is 314 g/mol. The van der Waals surface area contributed by atoms with Crippen LogP contribution >= 0.6 is 0 Å². The molecule has 1 aromatic carbocycles. The fourth-order valence-electron chi connectivity index (χ4n) is 3.09. The van der Waals surface area contributed by atoms with Gasteiger partial charge in [-0.2, -0.15) is 0 Å². The van der Waals surface area contributed by atoms with Gasteiger partial charge >= 0.3 is 5.97 Å². The van der Waals surface area contributed by atoms with E-state index in [0.717, 1.165) is 36.8 Å². The van der Waals surface area contributed by atoms with E-state index in [-0.39, 0.29) is 24.1 Å². The van der Waals surface area contributed by atoms with Gasteiger partial charge in [0.15, 0.2) is 0 Å². The van der Waals surface area contributed by atoms with Crippen LogP contribution in [0, 0.1) is 5.92 Å². The van der Waals surface area contributed by atoms with Crippen LogP contribution in [0.3, 0.4) is 0 Å². The third-order valence-electron chi connectivity index (χ3n) is 4.55. The van der Waals surface area contributed by atoms with E-state index in [0.29, 0.717) is 18.6 Å². The molecule has 124 valence electrons. The number of carbonyl (C=O) groups excluding carboxylic acids is 2. The minimum Gasteiger partial charge on any atom is -0.462 e. The molecule has 0 fully saturated rings. The quantitative estimate of drug-likeness (QED) is 0.532. The van der Waals surface area contributed by atoms with Crippen LogP contribution in [0.2, 0.25) is 0 Å². The number of benzene rings is 1. The van der Waals surface area contributed by atoms with E-state index >= 15 is 0 Å². The summed E-state index contributed by atoms with van der Waals surface area (Å²) < 4.78 is 5.37. The van der Waals surface area contributed by atoms with Crippen LogP contribution in [0.25, 0.3) is 0 Å². The molecule has 0 N–H and O–H groups in total. The molecule has 0 radical (unpaired) electrons. The highest BCUT2D eigenvalue weighted by atomic mass is 16.5. The Labute approximate surface area is 138 Å². The molecule has 1 atom stereocenters. The molecule has 0 saturated heterocycles. The Morgan fingerprint density at radius 1 is 1.22 bits per heavy atom. The van der Waals surface area contributed by atoms with E-state index in [9.17, 15) is 9.59 Å². The van der Waals surface area contributed by atoms with Crippen molar-refractivity contribution in [3.8, 4) is 0 Å². The van der Waals surface area contributed by atoms with Crippen LogP contribution in [0.4, 0.5) is 0 Å². The molecule has 23 heavy (non-hydrogen) atoms. The smallest absolute Gasteiger partial charge is 0.334 e. The number of allylic oxidation sites excluding steroid dienone is 1. The van der Waals surface area contributed by atoms with Crippen LogP contribution in [-0.4, -0.2) is 18.4 Å². The predicted octanol–water partition coefficient (Wildman–Crippen LogP) is 4.26. The third-order valence-corrected chi connectivity index (χ3v) is 4.55. The van der Waals surface area contributed by atoms with Gasteiger partial charge in [0.05, 0.1) is 6.61 Å². The maximum absolute atomic E-state index is 12.2. The van der Waals surface area contributed by atoms with Gasteiger partial charge < -0.3 is 4.74 Å². The zero-order valence-electron chi connectivity index (χ0n) is 14.1. The summed E-state index contributed by atoms with van der Waals surface area (Å²) in [4.78, 5) is 24.4. The van der Waals surface area contributed by atoms with Gasteiger partial charge in [-0.3, -0.25) is 4.79 Å². The largest absolute Gasteiger partial charge is 0.462 e. The summed E-state index contributed by atoms with van der Waals surface area (Å²) in [7, 11) is 0. The lowest BCUT2D eigenvalue weighted by atomic mass is 9.94. The summed E-state index contributed by atoms with van der Waals surface area (Å²) in [5.74, 6) is -0.211. The molecule has 1 aliphatic rings. The van der Waals surface area contributed by atoms with Gasteiger partial charge in [-0.05, 0) is 18.9 Å². The number of rotatable bonds is 8. The summed E-state index contributed by atoms with van der Waals surface area (Å²) in [5.41, 5.74) is 2.66. The summed E-state index contributed by atoms with van der Waals surface area (Å²) in [6.07, 6.45) is 5.12. The van der Waals surface area contributed by atoms with Crippen LogP contribution in [-0.2, 0) is 20.7 Å². The first-order chi connectivity index (χ1) is 11.1. The Balaban J connectivity index is 1.86. The van der Waals surface area contributed by atoms with Crippen molar-refractivity contribution in [3.63, 3.8) is 0 Å². The molecule has 1 aliphatic carbocycles. The molecular formula is C20H26O3. The lowest BCUT2D eigenvalue weighted by Gasteiger charge is -2.10. The number of ketones is 1. The average molecular weight is 314 g/mol. The number of esters is 1. The van der Waals surface area contributed by atoms with E-state index in [2.05, 4.69) is 6.92 Å². The van der Waals surface area contributed by atoms with Crippen molar-refractivity contribution >= 4 is 11.8 Å². The van der Waals surface area contributed by atoms with Crippen LogP contribution in [0.1, 0.15) is 51.5 Å². The number of unbranched alkanes of at least 4 members (excludes halogenated alkanes) is 2. The topological polar surface area (TPSA) is 43.4 Å². The summed E-state index contributed by atoms with van der Waals surface area (Å²) in [6, 6.07) is 9.94. The van der Waals surface area contributed by atoms with Crippen molar-refractivity contribution < 1.29 is 14.3 Å². The maximum atomic E-state index is 12.2. The maximum Gasteiger partial charge on any atom is 0.334 e. The highest BCUT2D eigenvalue weighted by Gasteiger charge is 2.33. The number of ether oxygens (including phenoxy) is 1. The molecular weight excluding hydrogens is 288 g/mol. The highest BCUT2D eigenvalue weighted by Crippen LogP contribution is 2.33. The predicted molar refractivity (Wildman–Crippen MR) is 91.1 cm³/mol. The zero-order chi connectivity index (χ0) is 16.7. The second-order valence-corrected chi connectivity index (χ2v) is 6.22. The van der Waals surface area contributed by atoms with Gasteiger partial charge in [0, 0.05) is 24.3 Å². The second-order valence-electron chi connectivity index (χ2n) is 6.22. The van der Waals surface area contributed by atoms with Gasteiger partial charge in [-0.1, -0.05) is 62.1 Å². The molecule has 0 amide bonds. The number of hydrogen-bond donors (Lipinski definition) is 0. The molecule has 0 aromatic heterocycles. The van der Waals surface area contributed by atoms with E-state index in [1.807, 2.05) is 37.3 Å². The molecule has 3 heteroatoms. The first-order valence-corrected chi connectivity index (χ1v) is 8.57. The summed E-state index contributed by atoms with van der Waals surface area (Å²) in [6.45, 7) is 4.41. The van der Waals surface area contributed by atoms with E-state index in [1.54, 1.807) is 0 Å². The molecule has 0 spiro atoms. The molecule has 0 saturated carbocycles. The first kappa shape index (κ1) is 17.5. The molecule has 1 unspecified atom stereocenters. The van der Waals surface area contributed by atoms with Crippen molar-refractivity contribution in [2.45, 2.75) is 52.4 Å². The summed E-state index contributed by atoms with van der Waals surface area (Å²) >= 11 is 0. The Morgan fingerprint density at radius 2 is 1.96 bits per heavy atom. The number of carbonyl (C=O) groups is 2. The SMILES string of the molecule is CCCCCC1C(=O)CC(C(=O)OCCc2ccccc2)=C1C.